The molecule has 0 N–H and O–H groups in total. The van der Waals surface area contributed by atoms with Crippen LogP contribution >= 0.6 is 0 Å². The summed E-state index contributed by atoms with van der Waals surface area (Å²) in [6.07, 6.45) is 1.81. The molecule has 0 unspecified atom stereocenters. The maximum Gasteiger partial charge on any atom is 0.200 e. The van der Waals surface area contributed by atoms with Gasteiger partial charge in [-0.05, 0) is 23.3 Å². The van der Waals surface area contributed by atoms with Gasteiger partial charge in [-0.15, -0.1) is 0 Å². The number of ether oxygens (including phenoxy) is 1. The maximum atomic E-state index is 8.36. The van der Waals surface area contributed by atoms with Crippen LogP contribution in [0.3, 0.4) is 0 Å². The van der Waals surface area contributed by atoms with E-state index in [1.807, 2.05) is 0 Å². The van der Waals surface area contributed by atoms with Crippen LogP contribution in [0.2, 0.25) is 0 Å². The Kier molecular flexibility index (Phi) is 1.51. The van der Waals surface area contributed by atoms with Crippen LogP contribution in [0.15, 0.2) is 103 Å². The van der Waals surface area contributed by atoms with Crippen molar-refractivity contribution >= 4 is 11.3 Å². The van der Waals surface area contributed by atoms with Gasteiger partial charge in [-0.3, -0.25) is 0 Å². The first-order valence-corrected chi connectivity index (χ1v) is 6.81. The molecule has 0 saturated carbocycles. The Balaban J connectivity index is 2.10. The molecule has 1 heterocycles. The fourth-order valence-corrected chi connectivity index (χ4v) is 2.03. The Morgan fingerprint density at radius 1 is 0.542 bits per heavy atom. The fourth-order valence-electron chi connectivity index (χ4n) is 2.03. The minimum Gasteiger partial charge on any atom is -0.473 e. The molecule has 1 aliphatic heterocycles. The standard InChI is InChI=1S/C23H17O/c1-4-10-18(11-5-1)21-16-22(19-12-6-2-7-13-19)24-23(17-21)20-14-8-3-9-15-20/h1-17H/i1D,2D,3D,4D,5D,6D,7D,8D,9D,10D,11D,12D,13D,14D,15D. The van der Waals surface area contributed by atoms with Crippen LogP contribution in [-0.2, 0) is 4.74 Å². The summed E-state index contributed by atoms with van der Waals surface area (Å²) >= 11 is 0. The summed E-state index contributed by atoms with van der Waals surface area (Å²) in [5.74, 6) is -0.418. The van der Waals surface area contributed by atoms with Crippen LogP contribution in [0, 0.1) is 6.10 Å². The van der Waals surface area contributed by atoms with Crippen LogP contribution in [0.25, 0.3) is 11.3 Å². The summed E-state index contributed by atoms with van der Waals surface area (Å²) < 4.78 is 128. The molecule has 1 aliphatic rings. The summed E-state index contributed by atoms with van der Waals surface area (Å²) in [5.41, 5.74) is -1.35. The van der Waals surface area contributed by atoms with Crippen LogP contribution in [0.5, 0.6) is 0 Å². The largest absolute Gasteiger partial charge is 0.473 e. The molecule has 0 spiro atoms. The third-order valence-corrected chi connectivity index (χ3v) is 3.07. The average molecular weight is 324 g/mol. The van der Waals surface area contributed by atoms with E-state index in [0.717, 1.165) is 12.2 Å². The molecule has 115 valence electrons. The molecule has 1 radical (unpaired) electrons. The molecule has 0 bridgehead atoms. The second-order valence-corrected chi connectivity index (χ2v) is 4.57. The van der Waals surface area contributed by atoms with Gasteiger partial charge < -0.3 is 4.74 Å². The lowest BCUT2D eigenvalue weighted by atomic mass is 9.97. The van der Waals surface area contributed by atoms with E-state index in [1.165, 1.54) is 0 Å². The second-order valence-electron chi connectivity index (χ2n) is 4.57. The number of hydrogen-bond donors (Lipinski definition) is 0. The van der Waals surface area contributed by atoms with Crippen molar-refractivity contribution < 1.29 is 25.3 Å². The van der Waals surface area contributed by atoms with Gasteiger partial charge in [0, 0.05) is 11.1 Å². The van der Waals surface area contributed by atoms with Gasteiger partial charge in [-0.25, -0.2) is 0 Å². The van der Waals surface area contributed by atoms with Gasteiger partial charge in [0.2, 0.25) is 6.10 Å². The quantitative estimate of drug-likeness (QED) is 0.598. The molecular weight excluding hydrogens is 292 g/mol. The lowest BCUT2D eigenvalue weighted by Gasteiger charge is -2.23. The Morgan fingerprint density at radius 2 is 1.04 bits per heavy atom. The normalized spacial score (nSPS) is 23.2. The molecule has 4 rings (SSSR count). The average Bonchev–Trinajstić information content (AvgIpc) is 2.91. The zero-order valence-corrected chi connectivity index (χ0v) is 12.1. The number of allylic oxidation sites excluding steroid dienone is 2. The first-order valence-electron chi connectivity index (χ1n) is 14.3. The molecule has 3 aromatic rings. The van der Waals surface area contributed by atoms with E-state index in [2.05, 4.69) is 0 Å². The molecule has 0 fully saturated rings. The van der Waals surface area contributed by atoms with E-state index in [0.29, 0.717) is 0 Å². The van der Waals surface area contributed by atoms with E-state index >= 15 is 0 Å². The number of benzene rings is 3. The summed E-state index contributed by atoms with van der Waals surface area (Å²) in [7, 11) is 0. The van der Waals surface area contributed by atoms with Crippen molar-refractivity contribution in [1.82, 2.24) is 0 Å². The van der Waals surface area contributed by atoms with Crippen LogP contribution in [0.1, 0.15) is 37.3 Å². The highest BCUT2D eigenvalue weighted by molar-refractivity contribution is 5.85. The monoisotopic (exact) mass is 324 g/mol. The minimum absolute atomic E-state index is 0.137. The smallest absolute Gasteiger partial charge is 0.200 e. The van der Waals surface area contributed by atoms with Gasteiger partial charge in [-0.2, -0.15) is 0 Å². The zero-order chi connectivity index (χ0) is 29.2. The molecule has 1 heteroatoms. The topological polar surface area (TPSA) is 9.23 Å². The lowest BCUT2D eigenvalue weighted by Crippen LogP contribution is -2.07. The van der Waals surface area contributed by atoms with Gasteiger partial charge in [0.1, 0.15) is 5.76 Å². The predicted octanol–water partition coefficient (Wildman–Crippen LogP) is 5.72. The van der Waals surface area contributed by atoms with Crippen molar-refractivity contribution in [3.63, 3.8) is 0 Å². The number of hydrogen-bond acceptors (Lipinski definition) is 1. The summed E-state index contributed by atoms with van der Waals surface area (Å²) in [6, 6.07) is -10.1. The first-order chi connectivity index (χ1) is 18.1. The highest BCUT2D eigenvalue weighted by Crippen LogP contribution is 2.35. The Morgan fingerprint density at radius 3 is 1.62 bits per heavy atom. The zero-order valence-electron chi connectivity index (χ0n) is 27.1. The second kappa shape index (κ2) is 6.59. The van der Waals surface area contributed by atoms with Crippen LogP contribution in [0.4, 0.5) is 0 Å². The van der Waals surface area contributed by atoms with E-state index in [1.54, 1.807) is 0 Å². The van der Waals surface area contributed by atoms with Crippen molar-refractivity contribution in [3.05, 3.63) is 126 Å². The fraction of sp³-hybridized carbons (Fsp3) is 0. The van der Waals surface area contributed by atoms with Gasteiger partial charge in [-0.1, -0.05) is 90.6 Å². The van der Waals surface area contributed by atoms with Gasteiger partial charge in [0.05, 0.1) is 20.6 Å². The van der Waals surface area contributed by atoms with Gasteiger partial charge in [0.25, 0.3) is 0 Å². The predicted molar refractivity (Wildman–Crippen MR) is 98.7 cm³/mol. The Hall–Kier alpha value is -3.06. The van der Waals surface area contributed by atoms with E-state index < -0.39 is 114 Å². The molecule has 1 nitrogen and oxygen atoms in total. The molecule has 3 aromatic carbocycles. The molecular formula is C23H17O. The van der Waals surface area contributed by atoms with E-state index in [-0.39, 0.29) is 11.1 Å². The molecule has 24 heavy (non-hydrogen) atoms. The van der Waals surface area contributed by atoms with Crippen LogP contribution < -0.4 is 0 Å². The highest BCUT2D eigenvalue weighted by Gasteiger charge is 2.21. The SMILES string of the molecule is [2H]c1c([2H])c([2H])c([C]2C=C(c3c([2H])c([2H])c([2H])c([2H])c3[2H])C=C(c3c([2H])c([2H])c([2H])c([2H])c3[2H])O2)c([2H])c1[2H]. The number of rotatable bonds is 3. The van der Waals surface area contributed by atoms with E-state index in [4.69, 9.17) is 25.3 Å². The molecule has 0 atom stereocenters. The molecule has 0 amide bonds. The van der Waals surface area contributed by atoms with Crippen molar-refractivity contribution in [3.8, 4) is 0 Å². The van der Waals surface area contributed by atoms with E-state index in [9.17, 15) is 0 Å². The third-order valence-electron chi connectivity index (χ3n) is 3.07. The summed E-state index contributed by atoms with van der Waals surface area (Å²) in [4.78, 5) is 0. The van der Waals surface area contributed by atoms with Crippen LogP contribution in [-0.4, -0.2) is 0 Å². The Bertz CT molecular complexity index is 1550. The lowest BCUT2D eigenvalue weighted by molar-refractivity contribution is 0.336. The first kappa shape index (κ1) is 5.49. The molecule has 0 aromatic heterocycles. The van der Waals surface area contributed by atoms with Crippen molar-refractivity contribution in [2.75, 3.05) is 0 Å². The van der Waals surface area contributed by atoms with Crippen molar-refractivity contribution in [1.29, 1.82) is 0 Å². The van der Waals surface area contributed by atoms with Crippen molar-refractivity contribution in [2.45, 2.75) is 0 Å². The van der Waals surface area contributed by atoms with Gasteiger partial charge >= 0.3 is 0 Å². The minimum atomic E-state index is -0.696. The Labute approximate surface area is 163 Å². The molecule has 0 aliphatic carbocycles. The maximum absolute atomic E-state index is 8.36. The van der Waals surface area contributed by atoms with Gasteiger partial charge in [0.15, 0.2) is 0 Å². The van der Waals surface area contributed by atoms with Crippen molar-refractivity contribution in [2.24, 2.45) is 0 Å². The summed E-state index contributed by atoms with van der Waals surface area (Å²) in [5, 5.41) is 0. The molecule has 0 saturated heterocycles. The summed E-state index contributed by atoms with van der Waals surface area (Å²) in [6.45, 7) is 0. The third kappa shape index (κ3) is 3.02. The highest BCUT2D eigenvalue weighted by atomic mass is 16.5.